The zero-order valence-electron chi connectivity index (χ0n) is 13.2. The number of hydrogen-bond acceptors (Lipinski definition) is 2. The molecule has 1 N–H and O–H groups in total. The van der Waals surface area contributed by atoms with E-state index in [1.54, 1.807) is 6.07 Å². The van der Waals surface area contributed by atoms with Crippen molar-refractivity contribution in [2.45, 2.75) is 52.5 Å². The molecule has 0 aliphatic carbocycles. The number of ether oxygens (including phenoxy) is 1. The van der Waals surface area contributed by atoms with Gasteiger partial charge in [-0.25, -0.2) is 4.39 Å². The average Bonchev–Trinajstić information content (AvgIpc) is 2.47. The number of rotatable bonds is 9. The smallest absolute Gasteiger partial charge is 0.126 e. The molecule has 0 heterocycles. The van der Waals surface area contributed by atoms with E-state index in [9.17, 15) is 4.39 Å². The quantitative estimate of drug-likeness (QED) is 0.708. The molecular formula is C17H28FNO. The molecule has 114 valence electrons. The lowest BCUT2D eigenvalue weighted by atomic mass is 10.0. The lowest BCUT2D eigenvalue weighted by Gasteiger charge is -2.20. The molecule has 0 aliphatic rings. The fourth-order valence-corrected chi connectivity index (χ4v) is 2.25. The molecule has 2 atom stereocenters. The van der Waals surface area contributed by atoms with Crippen molar-refractivity contribution in [2.75, 3.05) is 13.7 Å². The molecule has 0 saturated heterocycles. The Labute approximate surface area is 122 Å². The van der Waals surface area contributed by atoms with Gasteiger partial charge in [0, 0.05) is 17.7 Å². The van der Waals surface area contributed by atoms with E-state index < -0.39 is 0 Å². The monoisotopic (exact) mass is 281 g/mol. The maximum absolute atomic E-state index is 13.4. The summed E-state index contributed by atoms with van der Waals surface area (Å²) in [6, 6.07) is 4.94. The van der Waals surface area contributed by atoms with Crippen LogP contribution in [0.1, 0.15) is 58.1 Å². The highest BCUT2D eigenvalue weighted by molar-refractivity contribution is 5.36. The molecule has 0 aliphatic heterocycles. The number of halogens is 1. The summed E-state index contributed by atoms with van der Waals surface area (Å²) < 4.78 is 19.3. The van der Waals surface area contributed by atoms with Gasteiger partial charge in [0.05, 0.1) is 6.61 Å². The van der Waals surface area contributed by atoms with E-state index >= 15 is 0 Å². The Bertz CT molecular complexity index is 395. The van der Waals surface area contributed by atoms with Gasteiger partial charge in [0.1, 0.15) is 11.6 Å². The summed E-state index contributed by atoms with van der Waals surface area (Å²) in [5, 5.41) is 3.17. The van der Waals surface area contributed by atoms with Crippen molar-refractivity contribution in [3.05, 3.63) is 29.6 Å². The van der Waals surface area contributed by atoms with Crippen molar-refractivity contribution in [2.24, 2.45) is 5.92 Å². The van der Waals surface area contributed by atoms with Crippen molar-refractivity contribution in [1.29, 1.82) is 0 Å². The van der Waals surface area contributed by atoms with E-state index in [0.717, 1.165) is 12.0 Å². The van der Waals surface area contributed by atoms with E-state index in [0.29, 0.717) is 18.3 Å². The van der Waals surface area contributed by atoms with Gasteiger partial charge in [0.2, 0.25) is 0 Å². The molecular weight excluding hydrogens is 253 g/mol. The molecule has 0 bridgehead atoms. The van der Waals surface area contributed by atoms with Gasteiger partial charge in [-0.1, -0.05) is 39.2 Å². The highest BCUT2D eigenvalue weighted by Crippen LogP contribution is 2.27. The van der Waals surface area contributed by atoms with Crippen LogP contribution in [0.15, 0.2) is 18.2 Å². The van der Waals surface area contributed by atoms with Crippen LogP contribution in [-0.4, -0.2) is 13.7 Å². The summed E-state index contributed by atoms with van der Waals surface area (Å²) in [6.45, 7) is 7.11. The van der Waals surface area contributed by atoms with E-state index in [-0.39, 0.29) is 11.9 Å². The van der Waals surface area contributed by atoms with Crippen LogP contribution in [-0.2, 0) is 0 Å². The van der Waals surface area contributed by atoms with Gasteiger partial charge in [0.25, 0.3) is 0 Å². The fraction of sp³-hybridized carbons (Fsp3) is 0.647. The first-order valence-corrected chi connectivity index (χ1v) is 7.71. The molecule has 0 amide bonds. The highest BCUT2D eigenvalue weighted by atomic mass is 19.1. The number of nitrogens with one attached hydrogen (secondary N) is 1. The molecule has 20 heavy (non-hydrogen) atoms. The molecule has 0 aromatic heterocycles. The Morgan fingerprint density at radius 2 is 2.05 bits per heavy atom. The zero-order valence-corrected chi connectivity index (χ0v) is 13.2. The third-order valence-corrected chi connectivity index (χ3v) is 3.89. The van der Waals surface area contributed by atoms with Crippen LogP contribution in [0, 0.1) is 11.7 Å². The third-order valence-electron chi connectivity index (χ3n) is 3.89. The third kappa shape index (κ3) is 5.12. The van der Waals surface area contributed by atoms with Gasteiger partial charge in [-0.05, 0) is 32.4 Å². The maximum atomic E-state index is 13.4. The zero-order chi connectivity index (χ0) is 15.0. The van der Waals surface area contributed by atoms with Crippen LogP contribution in [0.25, 0.3) is 0 Å². The van der Waals surface area contributed by atoms with Crippen LogP contribution in [0.2, 0.25) is 0 Å². The molecule has 0 radical (unpaired) electrons. The molecule has 0 fully saturated rings. The Balaban J connectivity index is 2.72. The topological polar surface area (TPSA) is 21.3 Å². The van der Waals surface area contributed by atoms with E-state index in [1.165, 1.54) is 31.4 Å². The minimum absolute atomic E-state index is 0.154. The minimum Gasteiger partial charge on any atom is -0.493 e. The Hall–Kier alpha value is -1.09. The highest BCUT2D eigenvalue weighted by Gasteiger charge is 2.13. The largest absolute Gasteiger partial charge is 0.493 e. The summed E-state index contributed by atoms with van der Waals surface area (Å²) in [6.07, 6.45) is 4.72. The van der Waals surface area contributed by atoms with Crippen LogP contribution in [0.5, 0.6) is 5.75 Å². The van der Waals surface area contributed by atoms with Crippen molar-refractivity contribution in [3.8, 4) is 5.75 Å². The number of benzene rings is 1. The standard InChI is InChI=1S/C17H28FNO/c1-5-7-8-14(6-2)12-20-17-11-15(18)9-10-16(17)13(3)19-4/h9-11,13-14,19H,5-8,12H2,1-4H3. The summed E-state index contributed by atoms with van der Waals surface area (Å²) in [5.74, 6) is 0.978. The predicted octanol–water partition coefficient (Wildman–Crippen LogP) is 4.70. The maximum Gasteiger partial charge on any atom is 0.126 e. The van der Waals surface area contributed by atoms with Gasteiger partial charge in [-0.2, -0.15) is 0 Å². The summed E-state index contributed by atoms with van der Waals surface area (Å²) >= 11 is 0. The van der Waals surface area contributed by atoms with Crippen LogP contribution in [0.4, 0.5) is 4.39 Å². The van der Waals surface area contributed by atoms with E-state index in [4.69, 9.17) is 4.74 Å². The minimum atomic E-state index is -0.242. The van der Waals surface area contributed by atoms with Crippen LogP contribution >= 0.6 is 0 Å². The molecule has 1 rings (SSSR count). The number of hydrogen-bond donors (Lipinski definition) is 1. The van der Waals surface area contributed by atoms with Crippen molar-refractivity contribution < 1.29 is 9.13 Å². The Kier molecular flexibility index (Phi) is 7.60. The molecule has 0 saturated carbocycles. The van der Waals surface area contributed by atoms with Gasteiger partial charge >= 0.3 is 0 Å². The van der Waals surface area contributed by atoms with Crippen LogP contribution < -0.4 is 10.1 Å². The van der Waals surface area contributed by atoms with Crippen molar-refractivity contribution >= 4 is 0 Å². The molecule has 2 unspecified atom stereocenters. The molecule has 1 aromatic carbocycles. The first-order valence-electron chi connectivity index (χ1n) is 7.71. The second kappa shape index (κ2) is 8.96. The van der Waals surface area contributed by atoms with E-state index in [1.807, 2.05) is 7.05 Å². The van der Waals surface area contributed by atoms with Gasteiger partial charge in [0.15, 0.2) is 0 Å². The Morgan fingerprint density at radius 3 is 2.65 bits per heavy atom. The molecule has 0 spiro atoms. The lowest BCUT2D eigenvalue weighted by Crippen LogP contribution is -2.16. The van der Waals surface area contributed by atoms with Crippen molar-refractivity contribution in [3.63, 3.8) is 0 Å². The fourth-order valence-electron chi connectivity index (χ4n) is 2.25. The summed E-state index contributed by atoms with van der Waals surface area (Å²) in [5.41, 5.74) is 1.01. The predicted molar refractivity (Wildman–Crippen MR) is 82.7 cm³/mol. The average molecular weight is 281 g/mol. The van der Waals surface area contributed by atoms with E-state index in [2.05, 4.69) is 26.1 Å². The van der Waals surface area contributed by atoms with Crippen LogP contribution in [0.3, 0.4) is 0 Å². The number of unbranched alkanes of at least 4 members (excludes halogenated alkanes) is 1. The lowest BCUT2D eigenvalue weighted by molar-refractivity contribution is 0.229. The summed E-state index contributed by atoms with van der Waals surface area (Å²) in [4.78, 5) is 0. The second-order valence-corrected chi connectivity index (χ2v) is 5.42. The van der Waals surface area contributed by atoms with Crippen molar-refractivity contribution in [1.82, 2.24) is 5.32 Å². The molecule has 1 aromatic rings. The first kappa shape index (κ1) is 17.0. The van der Waals surface area contributed by atoms with Gasteiger partial charge in [-0.15, -0.1) is 0 Å². The second-order valence-electron chi connectivity index (χ2n) is 5.42. The molecule has 2 nitrogen and oxygen atoms in total. The first-order chi connectivity index (χ1) is 9.62. The Morgan fingerprint density at radius 1 is 1.30 bits per heavy atom. The van der Waals surface area contributed by atoms with Gasteiger partial charge in [-0.3, -0.25) is 0 Å². The van der Waals surface area contributed by atoms with Gasteiger partial charge < -0.3 is 10.1 Å². The summed E-state index contributed by atoms with van der Waals surface area (Å²) in [7, 11) is 1.90. The SMILES string of the molecule is CCCCC(CC)COc1cc(F)ccc1C(C)NC. The normalized spacial score (nSPS) is 14.1. The molecule has 3 heteroatoms.